The van der Waals surface area contributed by atoms with Crippen molar-refractivity contribution in [3.05, 3.63) is 53.9 Å². The number of amides is 1. The summed E-state index contributed by atoms with van der Waals surface area (Å²) in [6.07, 6.45) is 7.26. The van der Waals surface area contributed by atoms with Crippen LogP contribution in [0.3, 0.4) is 0 Å². The Hall–Kier alpha value is -3.66. The molecule has 4 atom stereocenters. The molecule has 4 unspecified atom stereocenters. The summed E-state index contributed by atoms with van der Waals surface area (Å²) in [6, 6.07) is 11.1. The number of nitrogens with one attached hydrogen (secondary N) is 1. The van der Waals surface area contributed by atoms with Gasteiger partial charge in [-0.05, 0) is 69.3 Å². The number of aryl methyl sites for hydroxylation is 1. The van der Waals surface area contributed by atoms with Gasteiger partial charge in [-0.2, -0.15) is 0 Å². The molecule has 1 aliphatic rings. The highest BCUT2D eigenvalue weighted by molar-refractivity contribution is 5.98. The normalized spacial score (nSPS) is 20.5. The van der Waals surface area contributed by atoms with Gasteiger partial charge in [-0.1, -0.05) is 57.0 Å². The van der Waals surface area contributed by atoms with Gasteiger partial charge in [0.05, 0.1) is 7.11 Å². The van der Waals surface area contributed by atoms with Crippen LogP contribution in [0.2, 0.25) is 0 Å². The Labute approximate surface area is 261 Å². The lowest BCUT2D eigenvalue weighted by Crippen LogP contribution is -2.43. The van der Waals surface area contributed by atoms with Crippen molar-refractivity contribution in [2.24, 2.45) is 17.8 Å². The number of ether oxygens (including phenoxy) is 5. The molecule has 1 N–H and O–H groups in total. The van der Waals surface area contributed by atoms with Crippen LogP contribution in [0, 0.1) is 17.8 Å². The summed E-state index contributed by atoms with van der Waals surface area (Å²) in [4.78, 5) is 42.9. The highest BCUT2D eigenvalue weighted by Gasteiger charge is 2.34. The van der Waals surface area contributed by atoms with E-state index >= 15 is 0 Å². The van der Waals surface area contributed by atoms with Crippen molar-refractivity contribution in [3.8, 4) is 11.5 Å². The quantitative estimate of drug-likeness (QED) is 0.205. The Bertz CT molecular complexity index is 1190. The molecule has 1 aliphatic heterocycles. The van der Waals surface area contributed by atoms with Gasteiger partial charge in [0.15, 0.2) is 17.2 Å². The van der Waals surface area contributed by atoms with Crippen LogP contribution in [0.4, 0.5) is 0 Å². The smallest absolute Gasteiger partial charge is 0.334 e. The third kappa shape index (κ3) is 10.8. The topological polar surface area (TPSA) is 122 Å². The number of methoxy groups -OCH3 is 1. The van der Waals surface area contributed by atoms with E-state index in [0.29, 0.717) is 24.9 Å². The van der Waals surface area contributed by atoms with E-state index in [0.717, 1.165) is 38.5 Å². The zero-order chi connectivity index (χ0) is 31.9. The second-order valence-electron chi connectivity index (χ2n) is 11.6. The third-order valence-corrected chi connectivity index (χ3v) is 8.04. The summed E-state index contributed by atoms with van der Waals surface area (Å²) in [5, 5.41) is 2.82. The van der Waals surface area contributed by atoms with Crippen LogP contribution in [0.1, 0.15) is 82.3 Å². The highest BCUT2D eigenvalue weighted by atomic mass is 16.7. The number of rotatable bonds is 15. The number of carbonyl (C=O) groups excluding carboxylic acids is 3. The van der Waals surface area contributed by atoms with Crippen LogP contribution in [0.15, 0.2) is 42.6 Å². The molecule has 0 bridgehead atoms. The average Bonchev–Trinajstić information content (AvgIpc) is 3.06. The molecule has 2 aromatic rings. The number of aromatic nitrogens is 1. The van der Waals surface area contributed by atoms with Crippen molar-refractivity contribution in [2.75, 3.05) is 27.1 Å². The van der Waals surface area contributed by atoms with Crippen molar-refractivity contribution in [1.29, 1.82) is 0 Å². The van der Waals surface area contributed by atoms with E-state index in [9.17, 15) is 14.4 Å². The minimum absolute atomic E-state index is 0.00348. The number of cyclic esters (lactones) is 1. The lowest BCUT2D eigenvalue weighted by molar-refractivity contribution is -0.156. The predicted octanol–water partition coefficient (Wildman–Crippen LogP) is 5.52. The Balaban J connectivity index is 1.73. The fourth-order valence-corrected chi connectivity index (χ4v) is 5.64. The summed E-state index contributed by atoms with van der Waals surface area (Å²) in [6.45, 7) is 7.88. The summed E-state index contributed by atoms with van der Waals surface area (Å²) < 4.78 is 27.1. The summed E-state index contributed by atoms with van der Waals surface area (Å²) in [5.41, 5.74) is 1.17. The number of pyridine rings is 1. The molecule has 2 heterocycles. The molecular formula is C34H48N2O8. The second kappa shape index (κ2) is 18.2. The third-order valence-electron chi connectivity index (χ3n) is 8.04. The first-order valence-electron chi connectivity index (χ1n) is 15.7. The van der Waals surface area contributed by atoms with Gasteiger partial charge in [0, 0.05) is 18.9 Å². The Morgan fingerprint density at radius 3 is 2.59 bits per heavy atom. The molecule has 0 saturated carbocycles. The molecule has 44 heavy (non-hydrogen) atoms. The van der Waals surface area contributed by atoms with Gasteiger partial charge in [0.2, 0.25) is 6.79 Å². The molecule has 0 aliphatic carbocycles. The second-order valence-corrected chi connectivity index (χ2v) is 11.6. The molecule has 0 radical (unpaired) electrons. The SMILES string of the molecule is CCOCC(=O)OCOc1c(OC)ccnc1C(=O)NC1CCCC(CCC(C)C)C(CCc2ccccc2)C(C)OC1=O. The predicted molar refractivity (Wildman–Crippen MR) is 165 cm³/mol. The highest BCUT2D eigenvalue weighted by Crippen LogP contribution is 2.35. The van der Waals surface area contributed by atoms with Crippen LogP contribution < -0.4 is 14.8 Å². The zero-order valence-corrected chi connectivity index (χ0v) is 26.7. The first kappa shape index (κ1) is 34.8. The molecule has 1 aromatic carbocycles. The van der Waals surface area contributed by atoms with E-state index in [1.54, 1.807) is 6.92 Å². The lowest BCUT2D eigenvalue weighted by atomic mass is 9.77. The molecular weight excluding hydrogens is 564 g/mol. The maximum Gasteiger partial charge on any atom is 0.334 e. The van der Waals surface area contributed by atoms with Gasteiger partial charge in [0.25, 0.3) is 5.91 Å². The molecule has 3 rings (SSSR count). The van der Waals surface area contributed by atoms with E-state index < -0.39 is 30.7 Å². The number of carbonyl (C=O) groups is 3. The van der Waals surface area contributed by atoms with E-state index in [-0.39, 0.29) is 35.8 Å². The van der Waals surface area contributed by atoms with Crippen LogP contribution >= 0.6 is 0 Å². The molecule has 1 fully saturated rings. The Morgan fingerprint density at radius 2 is 1.89 bits per heavy atom. The zero-order valence-electron chi connectivity index (χ0n) is 26.7. The van der Waals surface area contributed by atoms with Gasteiger partial charge in [-0.25, -0.2) is 14.6 Å². The summed E-state index contributed by atoms with van der Waals surface area (Å²) in [7, 11) is 1.42. The van der Waals surface area contributed by atoms with E-state index in [2.05, 4.69) is 36.3 Å². The number of esters is 2. The van der Waals surface area contributed by atoms with E-state index in [4.69, 9.17) is 23.7 Å². The van der Waals surface area contributed by atoms with Crippen molar-refractivity contribution < 1.29 is 38.1 Å². The molecule has 1 amide bonds. The standard InChI is InChI=1S/C34H48N2O8/c1-6-41-21-30(37)42-22-43-32-29(40-5)19-20-35-31(32)33(38)36-28-14-10-13-26(17-15-23(2)3)27(24(4)44-34(28)39)18-16-25-11-8-7-9-12-25/h7-9,11-12,19-20,23-24,26-28H,6,10,13-18,21-22H2,1-5H3,(H,36,38). The fourth-order valence-electron chi connectivity index (χ4n) is 5.64. The Kier molecular flexibility index (Phi) is 14.4. The van der Waals surface area contributed by atoms with Gasteiger partial charge in [-0.3, -0.25) is 4.79 Å². The number of benzene rings is 1. The average molecular weight is 613 g/mol. The molecule has 10 heteroatoms. The first-order valence-corrected chi connectivity index (χ1v) is 15.7. The van der Waals surface area contributed by atoms with Crippen molar-refractivity contribution in [1.82, 2.24) is 10.3 Å². The van der Waals surface area contributed by atoms with Gasteiger partial charge >= 0.3 is 11.9 Å². The molecule has 0 spiro atoms. The van der Waals surface area contributed by atoms with Crippen LogP contribution in [-0.2, 0) is 30.2 Å². The monoisotopic (exact) mass is 612 g/mol. The summed E-state index contributed by atoms with van der Waals surface area (Å²) >= 11 is 0. The molecule has 1 aromatic heterocycles. The molecule has 10 nitrogen and oxygen atoms in total. The van der Waals surface area contributed by atoms with Crippen molar-refractivity contribution in [3.63, 3.8) is 0 Å². The largest absolute Gasteiger partial charge is 0.493 e. The minimum Gasteiger partial charge on any atom is -0.493 e. The fraction of sp³-hybridized carbons (Fsp3) is 0.588. The summed E-state index contributed by atoms with van der Waals surface area (Å²) in [5.74, 6) is -0.274. The first-order chi connectivity index (χ1) is 21.2. The maximum atomic E-state index is 13.5. The maximum absolute atomic E-state index is 13.5. The van der Waals surface area contributed by atoms with Crippen LogP contribution in [-0.4, -0.2) is 62.1 Å². The van der Waals surface area contributed by atoms with Crippen LogP contribution in [0.25, 0.3) is 0 Å². The minimum atomic E-state index is -0.853. The lowest BCUT2D eigenvalue weighted by Gasteiger charge is -2.32. The molecule has 1 saturated heterocycles. The van der Waals surface area contributed by atoms with Crippen molar-refractivity contribution in [2.45, 2.75) is 84.8 Å². The molecule has 242 valence electrons. The van der Waals surface area contributed by atoms with Gasteiger partial charge in [0.1, 0.15) is 18.8 Å². The van der Waals surface area contributed by atoms with Gasteiger partial charge in [-0.15, -0.1) is 0 Å². The van der Waals surface area contributed by atoms with E-state index in [1.807, 2.05) is 25.1 Å². The van der Waals surface area contributed by atoms with E-state index in [1.165, 1.54) is 24.9 Å². The van der Waals surface area contributed by atoms with Gasteiger partial charge < -0.3 is 29.0 Å². The van der Waals surface area contributed by atoms with Crippen LogP contribution in [0.5, 0.6) is 11.5 Å². The number of hydrogen-bond donors (Lipinski definition) is 1. The van der Waals surface area contributed by atoms with Crippen molar-refractivity contribution >= 4 is 17.8 Å². The number of nitrogens with zero attached hydrogens (tertiary/aromatic N) is 1. The Morgan fingerprint density at radius 1 is 1.11 bits per heavy atom. The number of hydrogen-bond acceptors (Lipinski definition) is 9.